The van der Waals surface area contributed by atoms with E-state index in [0.717, 1.165) is 28.0 Å². The summed E-state index contributed by atoms with van der Waals surface area (Å²) in [7, 11) is -3.86. The van der Waals surface area contributed by atoms with Crippen molar-refractivity contribution in [2.75, 3.05) is 0 Å². The highest BCUT2D eigenvalue weighted by atomic mass is 32.2. The summed E-state index contributed by atoms with van der Waals surface area (Å²) >= 11 is 0.921. The van der Waals surface area contributed by atoms with E-state index < -0.39 is 10.0 Å². The first-order valence-electron chi connectivity index (χ1n) is 8.45. The summed E-state index contributed by atoms with van der Waals surface area (Å²) in [5, 5.41) is 20.0. The molecule has 9 heteroatoms. The molecule has 0 saturated carbocycles. The second-order valence-electron chi connectivity index (χ2n) is 8.69. The highest BCUT2D eigenvalue weighted by molar-refractivity contribution is 7.91. The Kier molecular flexibility index (Phi) is 4.41. The number of phenolic OH excluding ortho intramolecular Hbond substituents is 1. The first-order valence-corrected chi connectivity index (χ1v) is 10.8. The topological polar surface area (TPSA) is 111 Å². The summed E-state index contributed by atoms with van der Waals surface area (Å²) in [6.07, 6.45) is 1.67. The van der Waals surface area contributed by atoms with Crippen LogP contribution in [0.15, 0.2) is 22.7 Å². The highest BCUT2D eigenvalue weighted by Crippen LogP contribution is 2.41. The molecule has 0 fully saturated rings. The predicted molar refractivity (Wildman–Crippen MR) is 107 cm³/mol. The monoisotopic (exact) mass is 408 g/mol. The van der Waals surface area contributed by atoms with Crippen molar-refractivity contribution < 1.29 is 13.5 Å². The van der Waals surface area contributed by atoms with E-state index >= 15 is 0 Å². The zero-order chi connectivity index (χ0) is 20.4. The molecule has 0 unspecified atom stereocenters. The van der Waals surface area contributed by atoms with Gasteiger partial charge >= 0.3 is 0 Å². The van der Waals surface area contributed by atoms with E-state index in [1.54, 1.807) is 6.20 Å². The average Bonchev–Trinajstić information content (AvgIpc) is 3.02. The molecule has 0 aliphatic carbocycles. The van der Waals surface area contributed by atoms with Crippen LogP contribution in [-0.2, 0) is 20.9 Å². The van der Waals surface area contributed by atoms with Crippen molar-refractivity contribution in [1.82, 2.24) is 14.6 Å². The molecular weight excluding hydrogens is 384 g/mol. The van der Waals surface area contributed by atoms with E-state index in [1.165, 1.54) is 4.52 Å². The van der Waals surface area contributed by atoms with Gasteiger partial charge in [0.15, 0.2) is 0 Å². The molecule has 0 amide bonds. The number of aromatic hydroxyl groups is 1. The van der Waals surface area contributed by atoms with Crippen molar-refractivity contribution >= 4 is 26.3 Å². The first kappa shape index (κ1) is 19.8. The van der Waals surface area contributed by atoms with Gasteiger partial charge in [0.05, 0.1) is 11.9 Å². The maximum atomic E-state index is 11.5. The molecule has 3 rings (SSSR count). The summed E-state index contributed by atoms with van der Waals surface area (Å²) < 4.78 is 24.2. The van der Waals surface area contributed by atoms with E-state index in [0.29, 0.717) is 16.4 Å². The van der Waals surface area contributed by atoms with Gasteiger partial charge in [-0.1, -0.05) is 52.9 Å². The van der Waals surface area contributed by atoms with Crippen LogP contribution in [0.3, 0.4) is 0 Å². The SMILES string of the molecule is CC(C)(C)c1cc(-c2cn3nc(S(N)(=O)=O)sc3n2)cc(C(C)(C)C)c1O. The van der Waals surface area contributed by atoms with Gasteiger partial charge in [0.1, 0.15) is 5.75 Å². The van der Waals surface area contributed by atoms with Gasteiger partial charge in [0, 0.05) is 16.7 Å². The molecule has 0 aliphatic rings. The summed E-state index contributed by atoms with van der Waals surface area (Å²) in [6, 6.07) is 3.86. The molecule has 2 aromatic heterocycles. The van der Waals surface area contributed by atoms with Gasteiger partial charge in [-0.05, 0) is 23.0 Å². The van der Waals surface area contributed by atoms with E-state index in [2.05, 4.69) is 10.1 Å². The number of aromatic nitrogens is 3. The fourth-order valence-electron chi connectivity index (χ4n) is 2.86. The number of phenols is 1. The minimum atomic E-state index is -3.86. The minimum absolute atomic E-state index is 0.173. The Morgan fingerprint density at radius 2 is 1.59 bits per heavy atom. The maximum absolute atomic E-state index is 11.5. The lowest BCUT2D eigenvalue weighted by Gasteiger charge is -2.28. The highest BCUT2D eigenvalue weighted by Gasteiger charge is 2.27. The summed E-state index contributed by atoms with van der Waals surface area (Å²) in [4.78, 5) is 4.95. The van der Waals surface area contributed by atoms with E-state index in [-0.39, 0.29) is 15.2 Å². The molecule has 0 saturated heterocycles. The van der Waals surface area contributed by atoms with Crippen molar-refractivity contribution in [2.45, 2.75) is 56.7 Å². The van der Waals surface area contributed by atoms with Crippen molar-refractivity contribution in [1.29, 1.82) is 0 Å². The third-order valence-electron chi connectivity index (χ3n) is 4.29. The van der Waals surface area contributed by atoms with Crippen LogP contribution in [0.1, 0.15) is 52.7 Å². The molecule has 146 valence electrons. The van der Waals surface area contributed by atoms with Crippen LogP contribution >= 0.6 is 11.3 Å². The number of imidazole rings is 1. The number of nitrogens with zero attached hydrogens (tertiary/aromatic N) is 3. The zero-order valence-electron chi connectivity index (χ0n) is 16.2. The average molecular weight is 409 g/mol. The minimum Gasteiger partial charge on any atom is -0.507 e. The molecule has 0 bridgehead atoms. The first-order chi connectivity index (χ1) is 12.2. The predicted octanol–water partition coefficient (Wildman–Crippen LogP) is 3.41. The van der Waals surface area contributed by atoms with Gasteiger partial charge < -0.3 is 5.11 Å². The molecule has 0 radical (unpaired) electrons. The fourth-order valence-corrected chi connectivity index (χ4v) is 4.37. The van der Waals surface area contributed by atoms with Crippen molar-refractivity contribution in [3.63, 3.8) is 0 Å². The third kappa shape index (κ3) is 3.71. The Labute approximate surface area is 162 Å². The quantitative estimate of drug-likeness (QED) is 0.675. The van der Waals surface area contributed by atoms with Crippen LogP contribution in [0.2, 0.25) is 0 Å². The van der Waals surface area contributed by atoms with E-state index in [9.17, 15) is 13.5 Å². The van der Waals surface area contributed by atoms with Crippen molar-refractivity contribution in [2.24, 2.45) is 5.14 Å². The maximum Gasteiger partial charge on any atom is 0.267 e. The fraction of sp³-hybridized carbons (Fsp3) is 0.444. The Morgan fingerprint density at radius 1 is 1.07 bits per heavy atom. The summed E-state index contributed by atoms with van der Waals surface area (Å²) in [5.41, 5.74) is 2.66. The summed E-state index contributed by atoms with van der Waals surface area (Å²) in [5.74, 6) is 0.300. The van der Waals surface area contributed by atoms with Gasteiger partial charge in [0.2, 0.25) is 9.30 Å². The molecule has 1 aromatic carbocycles. The molecule has 3 aromatic rings. The molecule has 0 atom stereocenters. The molecule has 27 heavy (non-hydrogen) atoms. The van der Waals surface area contributed by atoms with Crippen molar-refractivity contribution in [3.05, 3.63) is 29.5 Å². The number of rotatable bonds is 2. The van der Waals surface area contributed by atoms with Crippen LogP contribution < -0.4 is 5.14 Å². The number of benzene rings is 1. The molecule has 0 aliphatic heterocycles. The second kappa shape index (κ2) is 6.02. The molecule has 0 spiro atoms. The lowest BCUT2D eigenvalue weighted by molar-refractivity contribution is 0.423. The molecular formula is C18H24N4O3S2. The van der Waals surface area contributed by atoms with Crippen molar-refractivity contribution in [3.8, 4) is 17.0 Å². The second-order valence-corrected chi connectivity index (χ2v) is 11.4. The number of hydrogen-bond acceptors (Lipinski definition) is 6. The summed E-state index contributed by atoms with van der Waals surface area (Å²) in [6.45, 7) is 12.3. The van der Waals surface area contributed by atoms with Crippen LogP contribution in [0.4, 0.5) is 0 Å². The van der Waals surface area contributed by atoms with Crippen LogP contribution in [-0.4, -0.2) is 28.1 Å². The van der Waals surface area contributed by atoms with Gasteiger partial charge in [-0.3, -0.25) is 0 Å². The Bertz CT molecular complexity index is 1060. The van der Waals surface area contributed by atoms with Gasteiger partial charge in [-0.2, -0.15) is 0 Å². The largest absolute Gasteiger partial charge is 0.507 e. The smallest absolute Gasteiger partial charge is 0.267 e. The Morgan fingerprint density at radius 3 is 2.00 bits per heavy atom. The Balaban J connectivity index is 2.22. The van der Waals surface area contributed by atoms with Crippen LogP contribution in [0.25, 0.3) is 16.2 Å². The number of sulfonamides is 1. The van der Waals surface area contributed by atoms with Crippen LogP contribution in [0, 0.1) is 0 Å². The lowest BCUT2D eigenvalue weighted by atomic mass is 9.78. The van der Waals surface area contributed by atoms with Crippen LogP contribution in [0.5, 0.6) is 5.75 Å². The standard InChI is InChI=1S/C18H24N4O3S2/c1-17(2,3)11-7-10(8-12(14(11)23)18(4,5)6)13-9-22-15(20-13)26-16(21-22)27(19,24)25/h7-9,23H,1-6H3,(H2,19,24,25). The normalized spacial score (nSPS) is 13.4. The van der Waals surface area contributed by atoms with E-state index in [1.807, 2.05) is 53.7 Å². The van der Waals surface area contributed by atoms with E-state index in [4.69, 9.17) is 5.14 Å². The molecule has 2 heterocycles. The lowest BCUT2D eigenvalue weighted by Crippen LogP contribution is -2.17. The van der Waals surface area contributed by atoms with Gasteiger partial charge in [0.25, 0.3) is 10.0 Å². The zero-order valence-corrected chi connectivity index (χ0v) is 17.9. The van der Waals surface area contributed by atoms with Gasteiger partial charge in [-0.15, -0.1) is 5.10 Å². The van der Waals surface area contributed by atoms with Gasteiger partial charge in [-0.25, -0.2) is 23.1 Å². The third-order valence-corrected chi connectivity index (χ3v) is 6.52. The molecule has 3 N–H and O–H groups in total. The number of primary sulfonamides is 1. The molecule has 7 nitrogen and oxygen atoms in total. The number of hydrogen-bond donors (Lipinski definition) is 2. The Hall–Kier alpha value is -1.97. The number of fused-ring (bicyclic) bond motifs is 1. The number of nitrogens with two attached hydrogens (primary N) is 1.